The summed E-state index contributed by atoms with van der Waals surface area (Å²) in [6, 6.07) is 0.960. The van der Waals surface area contributed by atoms with Gasteiger partial charge in [0, 0.05) is 12.3 Å². The van der Waals surface area contributed by atoms with Gasteiger partial charge in [-0.3, -0.25) is 9.78 Å². The number of nitrogen functional groups attached to an aromatic ring is 1. The van der Waals surface area contributed by atoms with E-state index >= 15 is 0 Å². The molecule has 0 amide bonds. The van der Waals surface area contributed by atoms with Crippen molar-refractivity contribution in [2.45, 2.75) is 26.8 Å². The molecule has 3 N–H and O–H groups in total. The number of aromatic amines is 1. The molecule has 0 unspecified atom stereocenters. The normalized spacial score (nSPS) is 11.5. The Morgan fingerprint density at radius 1 is 1.38 bits per heavy atom. The molecule has 0 aliphatic heterocycles. The Bertz CT molecular complexity index is 961. The molecule has 0 fully saturated rings. The van der Waals surface area contributed by atoms with Crippen LogP contribution in [-0.2, 0) is 13.0 Å². The second-order valence-corrected chi connectivity index (χ2v) is 6.10. The lowest BCUT2D eigenvalue weighted by atomic mass is 10.1. The van der Waals surface area contributed by atoms with Crippen molar-refractivity contribution >= 4 is 16.7 Å². The third-order valence-corrected chi connectivity index (χ3v) is 3.60. The lowest BCUT2D eigenvalue weighted by Crippen LogP contribution is -2.23. The van der Waals surface area contributed by atoms with Crippen molar-refractivity contribution in [2.24, 2.45) is 5.92 Å². The summed E-state index contributed by atoms with van der Waals surface area (Å²) in [5.74, 6) is -0.514. The Hall–Kier alpha value is -2.77. The van der Waals surface area contributed by atoms with Crippen LogP contribution in [-0.4, -0.2) is 19.5 Å². The van der Waals surface area contributed by atoms with E-state index in [4.69, 9.17) is 5.73 Å². The molecule has 24 heavy (non-hydrogen) atoms. The quantitative estimate of drug-likeness (QED) is 0.766. The number of nitrogens with zero attached hydrogens (tertiary/aromatic N) is 3. The van der Waals surface area contributed by atoms with Crippen molar-refractivity contribution in [3.05, 3.63) is 52.0 Å². The average molecular weight is 333 g/mol. The first-order valence-electron chi connectivity index (χ1n) is 7.52. The highest BCUT2D eigenvalue weighted by Gasteiger charge is 2.15. The van der Waals surface area contributed by atoms with Gasteiger partial charge in [-0.15, -0.1) is 0 Å². The molecular formula is C16H17F2N5O. The van der Waals surface area contributed by atoms with Crippen LogP contribution in [0.2, 0.25) is 0 Å². The van der Waals surface area contributed by atoms with Gasteiger partial charge in [-0.1, -0.05) is 13.8 Å². The Balaban J connectivity index is 2.06. The second kappa shape index (κ2) is 6.03. The largest absolute Gasteiger partial charge is 0.394 e. The number of nitrogens with two attached hydrogens (primary N) is 1. The van der Waals surface area contributed by atoms with Crippen LogP contribution in [0.4, 0.5) is 14.5 Å². The number of nitrogens with one attached hydrogen (secondary N) is 1. The van der Waals surface area contributed by atoms with E-state index in [1.807, 2.05) is 13.8 Å². The van der Waals surface area contributed by atoms with E-state index in [1.54, 1.807) is 0 Å². The minimum atomic E-state index is -0.628. The third-order valence-electron chi connectivity index (χ3n) is 3.60. The van der Waals surface area contributed by atoms with Crippen molar-refractivity contribution in [1.82, 2.24) is 19.5 Å². The molecule has 126 valence electrons. The molecule has 0 aliphatic carbocycles. The fourth-order valence-electron chi connectivity index (χ4n) is 2.58. The first kappa shape index (κ1) is 16.1. The summed E-state index contributed by atoms with van der Waals surface area (Å²) in [6.45, 7) is 4.02. The number of fused-ring (bicyclic) bond motifs is 1. The van der Waals surface area contributed by atoms with Gasteiger partial charge in [0.05, 0.1) is 24.0 Å². The van der Waals surface area contributed by atoms with Gasteiger partial charge in [0.1, 0.15) is 22.8 Å². The number of hydrogen-bond acceptors (Lipinski definition) is 4. The monoisotopic (exact) mass is 333 g/mol. The zero-order chi connectivity index (χ0) is 17.4. The summed E-state index contributed by atoms with van der Waals surface area (Å²) in [7, 11) is 0. The minimum Gasteiger partial charge on any atom is -0.394 e. The van der Waals surface area contributed by atoms with Gasteiger partial charge < -0.3 is 15.3 Å². The molecule has 0 aliphatic rings. The van der Waals surface area contributed by atoms with E-state index < -0.39 is 17.2 Å². The average Bonchev–Trinajstić information content (AvgIpc) is 2.92. The number of imidazole rings is 1. The number of pyridine rings is 2. The molecule has 0 spiro atoms. The van der Waals surface area contributed by atoms with Crippen molar-refractivity contribution in [3.8, 4) is 0 Å². The lowest BCUT2D eigenvalue weighted by molar-refractivity contribution is 0.593. The summed E-state index contributed by atoms with van der Waals surface area (Å²) < 4.78 is 28.5. The maximum atomic E-state index is 14.0. The Labute approximate surface area is 136 Å². The van der Waals surface area contributed by atoms with E-state index in [2.05, 4.69) is 15.0 Å². The van der Waals surface area contributed by atoms with E-state index in [9.17, 15) is 13.6 Å². The predicted octanol–water partition coefficient (Wildman–Crippen LogP) is 2.23. The van der Waals surface area contributed by atoms with Crippen molar-refractivity contribution in [2.75, 3.05) is 5.73 Å². The molecule has 6 nitrogen and oxygen atoms in total. The number of aromatic nitrogens is 4. The smallest absolute Gasteiger partial charge is 0.274 e. The molecule has 0 atom stereocenters. The van der Waals surface area contributed by atoms with Gasteiger partial charge >= 0.3 is 0 Å². The number of H-pyrrole nitrogens is 1. The SMILES string of the molecule is CC(C)Cc1ncc(F)c2nc(Cn3cc(F)cc(N)c3=O)[nH]c12. The molecular weight excluding hydrogens is 316 g/mol. The zero-order valence-electron chi connectivity index (χ0n) is 13.3. The molecule has 0 aromatic carbocycles. The van der Waals surface area contributed by atoms with Gasteiger partial charge in [-0.05, 0) is 12.3 Å². The standard InChI is InChI=1S/C16H17F2N5O/c1-8(2)3-12-15-14(10(18)5-20-12)21-13(22-15)7-23-6-9(17)4-11(19)16(23)24/h4-6,8H,3,7,19H2,1-2H3,(H,21,22). The highest BCUT2D eigenvalue weighted by atomic mass is 19.1. The molecule has 0 saturated heterocycles. The van der Waals surface area contributed by atoms with E-state index in [1.165, 1.54) is 0 Å². The van der Waals surface area contributed by atoms with Gasteiger partial charge in [-0.25, -0.2) is 13.8 Å². The van der Waals surface area contributed by atoms with Crippen LogP contribution in [0.5, 0.6) is 0 Å². The van der Waals surface area contributed by atoms with Gasteiger partial charge in [0.25, 0.3) is 5.56 Å². The van der Waals surface area contributed by atoms with E-state index in [0.29, 0.717) is 29.4 Å². The predicted molar refractivity (Wildman–Crippen MR) is 86.6 cm³/mol. The van der Waals surface area contributed by atoms with Crippen LogP contribution >= 0.6 is 0 Å². The summed E-state index contributed by atoms with van der Waals surface area (Å²) in [4.78, 5) is 23.3. The first-order valence-corrected chi connectivity index (χ1v) is 7.52. The van der Waals surface area contributed by atoms with Gasteiger partial charge in [0.15, 0.2) is 5.82 Å². The number of hydrogen-bond donors (Lipinski definition) is 2. The van der Waals surface area contributed by atoms with Crippen LogP contribution < -0.4 is 11.3 Å². The highest BCUT2D eigenvalue weighted by molar-refractivity contribution is 5.77. The fraction of sp³-hybridized carbons (Fsp3) is 0.312. The van der Waals surface area contributed by atoms with Gasteiger partial charge in [-0.2, -0.15) is 0 Å². The summed E-state index contributed by atoms with van der Waals surface area (Å²) >= 11 is 0. The zero-order valence-corrected chi connectivity index (χ0v) is 13.3. The Kier molecular flexibility index (Phi) is 4.04. The molecule has 3 heterocycles. The number of rotatable bonds is 4. The molecule has 8 heteroatoms. The third kappa shape index (κ3) is 2.99. The molecule has 3 rings (SSSR count). The van der Waals surface area contributed by atoms with Crippen LogP contribution in [0.15, 0.2) is 23.3 Å². The maximum Gasteiger partial charge on any atom is 0.274 e. The molecule has 3 aromatic rings. The fourth-order valence-corrected chi connectivity index (χ4v) is 2.58. The number of anilines is 1. The minimum absolute atomic E-state index is 0.0456. The Morgan fingerprint density at radius 3 is 2.83 bits per heavy atom. The Morgan fingerprint density at radius 2 is 2.12 bits per heavy atom. The van der Waals surface area contributed by atoms with Gasteiger partial charge in [0.2, 0.25) is 0 Å². The maximum absolute atomic E-state index is 14.0. The van der Waals surface area contributed by atoms with Crippen LogP contribution in [0, 0.1) is 17.6 Å². The molecule has 0 saturated carbocycles. The molecule has 3 aromatic heterocycles. The number of halogens is 2. The van der Waals surface area contributed by atoms with Crippen LogP contribution in [0.25, 0.3) is 11.0 Å². The van der Waals surface area contributed by atoms with E-state index in [0.717, 1.165) is 23.0 Å². The molecule has 0 bridgehead atoms. The summed E-state index contributed by atoms with van der Waals surface area (Å²) in [5.41, 5.74) is 6.11. The van der Waals surface area contributed by atoms with Crippen molar-refractivity contribution < 1.29 is 8.78 Å². The second-order valence-electron chi connectivity index (χ2n) is 6.10. The van der Waals surface area contributed by atoms with Crippen LogP contribution in [0.3, 0.4) is 0 Å². The van der Waals surface area contributed by atoms with Crippen molar-refractivity contribution in [3.63, 3.8) is 0 Å². The lowest BCUT2D eigenvalue weighted by Gasteiger charge is -2.05. The summed E-state index contributed by atoms with van der Waals surface area (Å²) in [6.07, 6.45) is 2.83. The summed E-state index contributed by atoms with van der Waals surface area (Å²) in [5, 5.41) is 0. The molecule has 0 radical (unpaired) electrons. The van der Waals surface area contributed by atoms with Crippen LogP contribution in [0.1, 0.15) is 25.4 Å². The first-order chi connectivity index (χ1) is 11.3. The van der Waals surface area contributed by atoms with Crippen molar-refractivity contribution in [1.29, 1.82) is 0 Å². The van der Waals surface area contributed by atoms with E-state index in [-0.39, 0.29) is 17.7 Å². The topological polar surface area (TPSA) is 89.6 Å². The highest BCUT2D eigenvalue weighted by Crippen LogP contribution is 2.20.